The van der Waals surface area contributed by atoms with Crippen molar-refractivity contribution in [2.24, 2.45) is 16.8 Å². The molecule has 11 nitrogen and oxygen atoms in total. The van der Waals surface area contributed by atoms with Crippen LogP contribution in [-0.4, -0.2) is 32.7 Å². The quantitative estimate of drug-likeness (QED) is 0.118. The summed E-state index contributed by atoms with van der Waals surface area (Å²) in [6.45, 7) is 10.2. The standard InChI is InChI=1S/C27H32N8O3.C2H6/c1-27(2,3)19-8-4-15(10-23(19)36)13-30-25(37)21-12-22(32-14-31-21)26(38)33-20-9-6-16-11-17(5-7-18(16)20)24(34-28)35-29;1-2/h4-5,7-8,10-12,14,20,36H,6,9,13,28-29H2,1-3H3,(H,30,37)(H,33,38)(H,34,35);1-2H3. The number of hydrogen-bond donors (Lipinski definition) is 6. The number of amidine groups is 1. The third kappa shape index (κ3) is 6.92. The number of carbonyl (C=O) groups is 2. The summed E-state index contributed by atoms with van der Waals surface area (Å²) in [5, 5.41) is 19.7. The van der Waals surface area contributed by atoms with Crippen LogP contribution in [0.2, 0.25) is 0 Å². The molecular weight excluding hydrogens is 508 g/mol. The Balaban J connectivity index is 0.00000216. The van der Waals surface area contributed by atoms with Crippen molar-refractivity contribution in [2.75, 3.05) is 0 Å². The van der Waals surface area contributed by atoms with E-state index in [0.29, 0.717) is 5.84 Å². The van der Waals surface area contributed by atoms with Crippen LogP contribution in [0.25, 0.3) is 0 Å². The van der Waals surface area contributed by atoms with E-state index < -0.39 is 11.8 Å². The van der Waals surface area contributed by atoms with Crippen LogP contribution in [0, 0.1) is 0 Å². The molecule has 1 aromatic heterocycles. The Labute approximate surface area is 234 Å². The van der Waals surface area contributed by atoms with E-state index in [1.807, 2.05) is 65.0 Å². The molecule has 11 heteroatoms. The number of fused-ring (bicyclic) bond motifs is 1. The fraction of sp³-hybridized carbons (Fsp3) is 0.345. The number of nitrogens with two attached hydrogens (primary N) is 2. The second kappa shape index (κ2) is 13.0. The third-order valence-electron chi connectivity index (χ3n) is 6.52. The van der Waals surface area contributed by atoms with Gasteiger partial charge in [0.1, 0.15) is 23.5 Å². The molecule has 8 N–H and O–H groups in total. The van der Waals surface area contributed by atoms with Gasteiger partial charge >= 0.3 is 0 Å². The van der Waals surface area contributed by atoms with Crippen molar-refractivity contribution in [3.63, 3.8) is 0 Å². The fourth-order valence-corrected chi connectivity index (χ4v) is 4.54. The number of nitrogens with one attached hydrogen (secondary N) is 3. The van der Waals surface area contributed by atoms with E-state index in [0.717, 1.165) is 40.7 Å². The van der Waals surface area contributed by atoms with E-state index in [1.165, 1.54) is 12.4 Å². The lowest BCUT2D eigenvalue weighted by Gasteiger charge is -2.20. The smallest absolute Gasteiger partial charge is 0.270 e. The van der Waals surface area contributed by atoms with Gasteiger partial charge in [-0.25, -0.2) is 15.8 Å². The summed E-state index contributed by atoms with van der Waals surface area (Å²) in [5.74, 6) is 10.5. The molecule has 0 aliphatic heterocycles. The zero-order valence-corrected chi connectivity index (χ0v) is 23.6. The number of hydrazone groups is 1. The number of hydrazine groups is 1. The Morgan fingerprint density at radius 1 is 1.05 bits per heavy atom. The first-order valence-electron chi connectivity index (χ1n) is 13.2. The number of phenols is 1. The van der Waals surface area contributed by atoms with Crippen molar-refractivity contribution in [1.29, 1.82) is 0 Å². The van der Waals surface area contributed by atoms with Crippen molar-refractivity contribution in [1.82, 2.24) is 26.0 Å². The molecule has 2 aromatic carbocycles. The molecule has 0 saturated heterocycles. The summed E-state index contributed by atoms with van der Waals surface area (Å²) in [5.41, 5.74) is 6.80. The second-order valence-corrected chi connectivity index (χ2v) is 10.2. The zero-order chi connectivity index (χ0) is 29.4. The lowest BCUT2D eigenvalue weighted by atomic mass is 9.86. The highest BCUT2D eigenvalue weighted by Gasteiger charge is 2.26. The van der Waals surface area contributed by atoms with E-state index in [2.05, 4.69) is 31.1 Å². The lowest BCUT2D eigenvalue weighted by molar-refractivity contribution is 0.0931. The Hall–Kier alpha value is -4.51. The Morgan fingerprint density at radius 3 is 2.38 bits per heavy atom. The van der Waals surface area contributed by atoms with Gasteiger partial charge in [0, 0.05) is 18.2 Å². The van der Waals surface area contributed by atoms with Gasteiger partial charge in [-0.2, -0.15) is 5.10 Å². The zero-order valence-electron chi connectivity index (χ0n) is 23.6. The van der Waals surface area contributed by atoms with Gasteiger partial charge in [0.15, 0.2) is 5.84 Å². The van der Waals surface area contributed by atoms with E-state index in [-0.39, 0.29) is 35.1 Å². The van der Waals surface area contributed by atoms with Gasteiger partial charge in [-0.3, -0.25) is 9.59 Å². The molecule has 1 heterocycles. The van der Waals surface area contributed by atoms with Crippen LogP contribution in [-0.2, 0) is 18.4 Å². The van der Waals surface area contributed by atoms with Crippen LogP contribution < -0.4 is 27.7 Å². The van der Waals surface area contributed by atoms with Crippen LogP contribution in [0.3, 0.4) is 0 Å². The van der Waals surface area contributed by atoms with E-state index in [1.54, 1.807) is 6.07 Å². The van der Waals surface area contributed by atoms with Crippen molar-refractivity contribution >= 4 is 17.6 Å². The number of aromatic hydroxyl groups is 1. The summed E-state index contributed by atoms with van der Waals surface area (Å²) < 4.78 is 0. The van der Waals surface area contributed by atoms with Crippen LogP contribution >= 0.6 is 0 Å². The van der Waals surface area contributed by atoms with Crippen LogP contribution in [0.1, 0.15) is 95.9 Å². The predicted octanol–water partition coefficient (Wildman–Crippen LogP) is 2.94. The summed E-state index contributed by atoms with van der Waals surface area (Å²) in [7, 11) is 0. The van der Waals surface area contributed by atoms with Gasteiger partial charge in [0.05, 0.1) is 6.04 Å². The number of aryl methyl sites for hydroxylation is 1. The molecule has 40 heavy (non-hydrogen) atoms. The fourth-order valence-electron chi connectivity index (χ4n) is 4.54. The Bertz CT molecular complexity index is 1400. The average Bonchev–Trinajstić information content (AvgIpc) is 3.34. The minimum atomic E-state index is -0.453. The normalized spacial score (nSPS) is 14.4. The number of phenolic OH excluding ortho intramolecular Hbond substituents is 1. The summed E-state index contributed by atoms with van der Waals surface area (Å²) in [6.07, 6.45) is 2.67. The maximum absolute atomic E-state index is 13.0. The number of carbonyl (C=O) groups excluding carboxylic acids is 2. The van der Waals surface area contributed by atoms with Gasteiger partial charge in [-0.05, 0) is 52.6 Å². The highest BCUT2D eigenvalue weighted by molar-refractivity contribution is 5.99. The van der Waals surface area contributed by atoms with Gasteiger partial charge in [0.2, 0.25) is 0 Å². The Kier molecular flexibility index (Phi) is 9.78. The lowest BCUT2D eigenvalue weighted by Crippen LogP contribution is -2.32. The number of nitrogens with zero attached hydrogens (tertiary/aromatic N) is 3. The molecule has 3 aromatic rings. The molecule has 2 amide bonds. The molecule has 0 fully saturated rings. The first-order chi connectivity index (χ1) is 19.1. The van der Waals surface area contributed by atoms with Crippen molar-refractivity contribution < 1.29 is 14.7 Å². The molecule has 0 spiro atoms. The first-order valence-corrected chi connectivity index (χ1v) is 13.2. The largest absolute Gasteiger partial charge is 0.508 e. The van der Waals surface area contributed by atoms with Crippen LogP contribution in [0.15, 0.2) is 53.9 Å². The molecule has 1 aliphatic carbocycles. The molecule has 1 unspecified atom stereocenters. The predicted molar refractivity (Wildman–Crippen MR) is 154 cm³/mol. The molecule has 212 valence electrons. The monoisotopic (exact) mass is 546 g/mol. The third-order valence-corrected chi connectivity index (χ3v) is 6.52. The topological polar surface area (TPSA) is 181 Å². The summed E-state index contributed by atoms with van der Waals surface area (Å²) >= 11 is 0. The average molecular weight is 547 g/mol. The number of rotatable bonds is 6. The van der Waals surface area contributed by atoms with E-state index in [4.69, 9.17) is 11.7 Å². The second-order valence-electron chi connectivity index (χ2n) is 10.2. The van der Waals surface area contributed by atoms with Crippen LogP contribution in [0.4, 0.5) is 0 Å². The first kappa shape index (κ1) is 30.0. The molecule has 0 saturated carbocycles. The summed E-state index contributed by atoms with van der Waals surface area (Å²) in [6, 6.07) is 12.2. The Morgan fingerprint density at radius 2 is 1.75 bits per heavy atom. The molecule has 0 radical (unpaired) electrons. The number of amides is 2. The van der Waals surface area contributed by atoms with E-state index in [9.17, 15) is 14.7 Å². The molecule has 1 aliphatic rings. The maximum atomic E-state index is 13.0. The number of hydrogen-bond acceptors (Lipinski definition) is 8. The highest BCUT2D eigenvalue weighted by Crippen LogP contribution is 2.32. The van der Waals surface area contributed by atoms with Gasteiger partial charge in [-0.1, -0.05) is 58.9 Å². The highest BCUT2D eigenvalue weighted by atomic mass is 16.3. The SMILES string of the molecule is CC.CC(C)(C)c1ccc(CNC(=O)c2cc(C(=O)NC3CCc4cc(/C(=N/N)NN)ccc43)ncn2)cc1O. The minimum absolute atomic E-state index is 0.0695. The molecular formula is C29H38N8O3. The molecule has 1 atom stereocenters. The number of aromatic nitrogens is 2. The molecule has 0 bridgehead atoms. The van der Waals surface area contributed by atoms with Crippen molar-refractivity contribution in [3.8, 4) is 5.75 Å². The van der Waals surface area contributed by atoms with E-state index >= 15 is 0 Å². The molecule has 4 rings (SSSR count). The van der Waals surface area contributed by atoms with Gasteiger partial charge < -0.3 is 27.0 Å². The summed E-state index contributed by atoms with van der Waals surface area (Å²) in [4.78, 5) is 33.8. The number of benzene rings is 2. The van der Waals surface area contributed by atoms with Crippen molar-refractivity contribution in [3.05, 3.63) is 88.0 Å². The van der Waals surface area contributed by atoms with Crippen molar-refractivity contribution in [2.45, 2.75) is 65.5 Å². The minimum Gasteiger partial charge on any atom is -0.508 e. The maximum Gasteiger partial charge on any atom is 0.270 e. The van der Waals surface area contributed by atoms with Gasteiger partial charge in [-0.15, -0.1) is 0 Å². The van der Waals surface area contributed by atoms with Crippen LogP contribution in [0.5, 0.6) is 5.75 Å². The van der Waals surface area contributed by atoms with Gasteiger partial charge in [0.25, 0.3) is 11.8 Å².